The first-order valence-electron chi connectivity index (χ1n) is 4.67. The minimum atomic E-state index is -0.169. The van der Waals surface area contributed by atoms with Crippen LogP contribution in [-0.4, -0.2) is 5.54 Å². The number of benzene rings is 1. The van der Waals surface area contributed by atoms with E-state index in [0.717, 1.165) is 27.9 Å². The van der Waals surface area contributed by atoms with Crippen molar-refractivity contribution in [2.75, 3.05) is 0 Å². The van der Waals surface area contributed by atoms with E-state index in [1.807, 2.05) is 25.1 Å². The molecule has 2 N–H and O–H groups in total. The molecule has 78 valence electrons. The van der Waals surface area contributed by atoms with Crippen molar-refractivity contribution in [1.82, 2.24) is 0 Å². The molecule has 3 heteroatoms. The van der Waals surface area contributed by atoms with E-state index in [-0.39, 0.29) is 5.54 Å². The summed E-state index contributed by atoms with van der Waals surface area (Å²) in [5, 5.41) is 0.782. The lowest BCUT2D eigenvalue weighted by atomic mass is 9.91. The third-order valence-corrected chi connectivity index (χ3v) is 3.26. The molecule has 0 fully saturated rings. The molecule has 0 aromatic heterocycles. The predicted molar refractivity (Wildman–Crippen MR) is 65.7 cm³/mol. The van der Waals surface area contributed by atoms with E-state index in [9.17, 15) is 0 Å². The van der Waals surface area contributed by atoms with Crippen LogP contribution in [0.15, 0.2) is 22.7 Å². The molecule has 1 aromatic rings. The third kappa shape index (κ3) is 3.26. The molecule has 0 spiro atoms. The maximum absolute atomic E-state index is 6.11. The standard InChI is InChI=1S/C11H15BrClN/c1-3-11(2,14)7-8-4-5-9(12)6-10(8)13/h4-6H,3,7,14H2,1-2H3. The molecule has 1 nitrogen and oxygen atoms in total. The van der Waals surface area contributed by atoms with Gasteiger partial charge in [-0.3, -0.25) is 0 Å². The summed E-state index contributed by atoms with van der Waals surface area (Å²) < 4.78 is 1.00. The number of rotatable bonds is 3. The Labute approximate surface area is 98.8 Å². The summed E-state index contributed by atoms with van der Waals surface area (Å²) >= 11 is 9.48. The summed E-state index contributed by atoms with van der Waals surface area (Å²) in [6, 6.07) is 5.92. The van der Waals surface area contributed by atoms with Gasteiger partial charge in [0.25, 0.3) is 0 Å². The van der Waals surface area contributed by atoms with Crippen molar-refractivity contribution < 1.29 is 0 Å². The van der Waals surface area contributed by atoms with Crippen LogP contribution in [0.5, 0.6) is 0 Å². The van der Waals surface area contributed by atoms with E-state index in [1.54, 1.807) is 0 Å². The molecule has 1 aromatic carbocycles. The second-order valence-electron chi connectivity index (χ2n) is 3.92. The van der Waals surface area contributed by atoms with Crippen molar-refractivity contribution in [3.05, 3.63) is 33.3 Å². The summed E-state index contributed by atoms with van der Waals surface area (Å²) in [6.07, 6.45) is 1.76. The highest BCUT2D eigenvalue weighted by Crippen LogP contribution is 2.25. The Morgan fingerprint density at radius 3 is 2.64 bits per heavy atom. The van der Waals surface area contributed by atoms with Crippen molar-refractivity contribution in [2.24, 2.45) is 5.73 Å². The van der Waals surface area contributed by atoms with E-state index in [1.165, 1.54) is 0 Å². The van der Waals surface area contributed by atoms with Gasteiger partial charge in [-0.2, -0.15) is 0 Å². The number of hydrogen-bond acceptors (Lipinski definition) is 1. The molecule has 1 unspecified atom stereocenters. The largest absolute Gasteiger partial charge is 0.325 e. The smallest absolute Gasteiger partial charge is 0.0449 e. The Morgan fingerprint density at radius 2 is 2.14 bits per heavy atom. The van der Waals surface area contributed by atoms with Gasteiger partial charge in [0, 0.05) is 15.0 Å². The van der Waals surface area contributed by atoms with Gasteiger partial charge in [0.1, 0.15) is 0 Å². The van der Waals surface area contributed by atoms with E-state index < -0.39 is 0 Å². The van der Waals surface area contributed by atoms with Crippen LogP contribution in [0.1, 0.15) is 25.8 Å². The molecule has 1 rings (SSSR count). The van der Waals surface area contributed by atoms with Gasteiger partial charge in [-0.1, -0.05) is 40.5 Å². The molecule has 0 saturated heterocycles. The van der Waals surface area contributed by atoms with Gasteiger partial charge in [0.15, 0.2) is 0 Å². The summed E-state index contributed by atoms with van der Waals surface area (Å²) in [5.74, 6) is 0. The number of nitrogens with two attached hydrogens (primary N) is 1. The quantitative estimate of drug-likeness (QED) is 0.893. The fraction of sp³-hybridized carbons (Fsp3) is 0.455. The summed E-state index contributed by atoms with van der Waals surface area (Å²) in [6.45, 7) is 4.14. The monoisotopic (exact) mass is 275 g/mol. The highest BCUT2D eigenvalue weighted by Gasteiger charge is 2.17. The van der Waals surface area contributed by atoms with Crippen LogP contribution in [0.3, 0.4) is 0 Å². The van der Waals surface area contributed by atoms with Crippen molar-refractivity contribution in [1.29, 1.82) is 0 Å². The first-order valence-corrected chi connectivity index (χ1v) is 5.84. The van der Waals surface area contributed by atoms with E-state index in [0.29, 0.717) is 0 Å². The van der Waals surface area contributed by atoms with Gasteiger partial charge >= 0.3 is 0 Å². The fourth-order valence-electron chi connectivity index (χ4n) is 1.23. The number of halogens is 2. The Balaban J connectivity index is 2.87. The molecular weight excluding hydrogens is 261 g/mol. The minimum absolute atomic E-state index is 0.169. The molecule has 0 radical (unpaired) electrons. The highest BCUT2D eigenvalue weighted by molar-refractivity contribution is 9.10. The first-order chi connectivity index (χ1) is 6.44. The molecule has 14 heavy (non-hydrogen) atoms. The third-order valence-electron chi connectivity index (χ3n) is 2.42. The molecule has 0 aliphatic carbocycles. The molecule has 0 aliphatic heterocycles. The molecule has 0 bridgehead atoms. The lowest BCUT2D eigenvalue weighted by molar-refractivity contribution is 0.450. The molecule has 0 aliphatic rings. The summed E-state index contributed by atoms with van der Waals surface area (Å²) in [7, 11) is 0. The van der Waals surface area contributed by atoms with Crippen molar-refractivity contribution >= 4 is 27.5 Å². The molecule has 0 amide bonds. The van der Waals surface area contributed by atoms with Crippen LogP contribution in [-0.2, 0) is 6.42 Å². The SMILES string of the molecule is CCC(C)(N)Cc1ccc(Br)cc1Cl. The Kier molecular flexibility index (Phi) is 3.99. The van der Waals surface area contributed by atoms with Crippen molar-refractivity contribution in [3.63, 3.8) is 0 Å². The van der Waals surface area contributed by atoms with Crippen molar-refractivity contribution in [3.8, 4) is 0 Å². The van der Waals surface area contributed by atoms with Gasteiger partial charge in [0.05, 0.1) is 0 Å². The topological polar surface area (TPSA) is 26.0 Å². The lowest BCUT2D eigenvalue weighted by Crippen LogP contribution is -2.37. The van der Waals surface area contributed by atoms with Gasteiger partial charge in [-0.25, -0.2) is 0 Å². The molecule has 0 saturated carbocycles. The molecular formula is C11H15BrClN. The molecule has 1 atom stereocenters. The predicted octanol–water partition coefficient (Wildman–Crippen LogP) is 3.77. The summed E-state index contributed by atoms with van der Waals surface area (Å²) in [5.41, 5.74) is 7.03. The fourth-order valence-corrected chi connectivity index (χ4v) is 1.97. The van der Waals surface area contributed by atoms with Crippen LogP contribution in [0.4, 0.5) is 0 Å². The minimum Gasteiger partial charge on any atom is -0.325 e. The second-order valence-corrected chi connectivity index (χ2v) is 5.24. The average molecular weight is 277 g/mol. The van der Waals surface area contributed by atoms with Gasteiger partial charge in [-0.15, -0.1) is 0 Å². The van der Waals surface area contributed by atoms with Crippen LogP contribution in [0.25, 0.3) is 0 Å². The van der Waals surface area contributed by atoms with Crippen LogP contribution in [0, 0.1) is 0 Å². The van der Waals surface area contributed by atoms with Gasteiger partial charge in [0.2, 0.25) is 0 Å². The van der Waals surface area contributed by atoms with Crippen LogP contribution < -0.4 is 5.73 Å². The maximum atomic E-state index is 6.11. The normalized spacial score (nSPS) is 15.2. The van der Waals surface area contributed by atoms with Crippen molar-refractivity contribution in [2.45, 2.75) is 32.2 Å². The second kappa shape index (κ2) is 4.65. The van der Waals surface area contributed by atoms with E-state index in [2.05, 4.69) is 22.9 Å². The lowest BCUT2D eigenvalue weighted by Gasteiger charge is -2.23. The van der Waals surface area contributed by atoms with Gasteiger partial charge < -0.3 is 5.73 Å². The highest BCUT2D eigenvalue weighted by atomic mass is 79.9. The Morgan fingerprint density at radius 1 is 1.50 bits per heavy atom. The zero-order valence-corrected chi connectivity index (χ0v) is 10.8. The van der Waals surface area contributed by atoms with E-state index >= 15 is 0 Å². The first kappa shape index (κ1) is 12.0. The summed E-state index contributed by atoms with van der Waals surface area (Å²) in [4.78, 5) is 0. The average Bonchev–Trinajstić information content (AvgIpc) is 2.10. The number of hydrogen-bond donors (Lipinski definition) is 1. The Hall–Kier alpha value is -0.0500. The van der Waals surface area contributed by atoms with Crippen LogP contribution >= 0.6 is 27.5 Å². The van der Waals surface area contributed by atoms with Gasteiger partial charge in [-0.05, 0) is 37.5 Å². The Bertz CT molecular complexity index is 323. The maximum Gasteiger partial charge on any atom is 0.0449 e. The zero-order valence-electron chi connectivity index (χ0n) is 8.48. The zero-order chi connectivity index (χ0) is 10.8. The van der Waals surface area contributed by atoms with Crippen LogP contribution in [0.2, 0.25) is 5.02 Å². The van der Waals surface area contributed by atoms with E-state index in [4.69, 9.17) is 17.3 Å². The molecule has 0 heterocycles.